The summed E-state index contributed by atoms with van der Waals surface area (Å²) in [7, 11) is -7.72. The smallest absolute Gasteiger partial charge is 0.319 e. The van der Waals surface area contributed by atoms with Gasteiger partial charge in [0.1, 0.15) is 0 Å². The maximum absolute atomic E-state index is 7.82. The van der Waals surface area contributed by atoms with E-state index in [9.17, 15) is 0 Å². The summed E-state index contributed by atoms with van der Waals surface area (Å²) in [4.78, 5) is 0. The van der Waals surface area contributed by atoms with Gasteiger partial charge in [0.25, 0.3) is 0 Å². The Hall–Kier alpha value is -2.01. The van der Waals surface area contributed by atoms with Gasteiger partial charge in [0.2, 0.25) is 0 Å². The van der Waals surface area contributed by atoms with Gasteiger partial charge in [0.05, 0.1) is 0 Å². The Balaban J connectivity index is 2.06. The molecule has 3 unspecified atom stereocenters. The number of nitrogens with two attached hydrogens (primary N) is 3. The molecule has 0 aromatic heterocycles. The maximum atomic E-state index is 7.82. The summed E-state index contributed by atoms with van der Waals surface area (Å²) in [5, 5.41) is 11.0. The van der Waals surface area contributed by atoms with Gasteiger partial charge in [-0.1, -0.05) is 91.0 Å². The zero-order chi connectivity index (χ0) is 35.6. The number of hydrogen-bond donors (Lipinski definition) is 6. The summed E-state index contributed by atoms with van der Waals surface area (Å²) in [6.45, 7) is 18.7. The normalized spacial score (nSPS) is 15.4. The van der Waals surface area contributed by atoms with Crippen LogP contribution < -0.4 is 33.2 Å². The monoisotopic (exact) mass is 722 g/mol. The van der Waals surface area contributed by atoms with Gasteiger partial charge < -0.3 is 41.4 Å². The first-order valence-corrected chi connectivity index (χ1v) is 26.6. The van der Waals surface area contributed by atoms with Gasteiger partial charge in [-0.25, -0.2) is 0 Å². The van der Waals surface area contributed by atoms with Gasteiger partial charge in [-0.05, 0) is 92.9 Å². The van der Waals surface area contributed by atoms with Gasteiger partial charge >= 0.3 is 8.56 Å². The second kappa shape index (κ2) is 21.4. The van der Waals surface area contributed by atoms with Crippen LogP contribution in [0.3, 0.4) is 0 Å². The summed E-state index contributed by atoms with van der Waals surface area (Å²) in [6, 6.07) is 32.5. The molecule has 0 saturated carbocycles. The summed E-state index contributed by atoms with van der Waals surface area (Å²) >= 11 is 0. The van der Waals surface area contributed by atoms with Crippen LogP contribution in [0.2, 0.25) is 49.4 Å². The highest BCUT2D eigenvalue weighted by Crippen LogP contribution is 2.40. The first-order chi connectivity index (χ1) is 23.5. The Morgan fingerprint density at radius 2 is 0.755 bits per heavy atom. The molecule has 272 valence electrons. The lowest BCUT2D eigenvalue weighted by Gasteiger charge is -2.48. The van der Waals surface area contributed by atoms with E-state index in [-0.39, 0.29) is 5.54 Å². The standard InChI is InChI=1S/C38H66N6O2Si3/c1-47(2,36(30-42-24-21-39)27-33-15-9-6-10-16-33)45-49(5,38(32-44-26-23-41)29-35-19-13-8-14-20-35)46-48(3,4)37(31-43-25-22-40)28-34-17-11-7-12-18-34/h6-20,36-38,42-44H,21-32,39-41H2,1-5H3. The first-order valence-electron chi connectivity index (χ1n) is 18.3. The summed E-state index contributed by atoms with van der Waals surface area (Å²) in [5.41, 5.74) is 22.7. The van der Waals surface area contributed by atoms with Crippen molar-refractivity contribution in [2.24, 2.45) is 17.2 Å². The second-order valence-corrected chi connectivity index (χ2v) is 27.1. The number of hydrogen-bond acceptors (Lipinski definition) is 8. The van der Waals surface area contributed by atoms with Crippen molar-refractivity contribution in [3.8, 4) is 0 Å². The maximum Gasteiger partial charge on any atom is 0.319 e. The highest BCUT2D eigenvalue weighted by atomic mass is 28.5. The van der Waals surface area contributed by atoms with E-state index >= 15 is 0 Å². The molecule has 0 radical (unpaired) electrons. The van der Waals surface area contributed by atoms with Crippen LogP contribution in [-0.2, 0) is 27.5 Å². The van der Waals surface area contributed by atoms with E-state index in [0.717, 1.165) is 58.5 Å². The lowest BCUT2D eigenvalue weighted by molar-refractivity contribution is 0.337. The highest BCUT2D eigenvalue weighted by Gasteiger charge is 2.52. The average molecular weight is 723 g/mol. The van der Waals surface area contributed by atoms with Crippen LogP contribution in [0.25, 0.3) is 0 Å². The van der Waals surface area contributed by atoms with E-state index in [1.54, 1.807) is 0 Å². The van der Waals surface area contributed by atoms with Gasteiger partial charge in [-0.3, -0.25) is 0 Å². The third-order valence-corrected chi connectivity index (χ3v) is 23.8. The molecule has 0 aliphatic rings. The molecule has 3 atom stereocenters. The Labute approximate surface area is 300 Å². The minimum absolute atomic E-state index is 0.184. The molecule has 49 heavy (non-hydrogen) atoms. The molecule has 0 saturated heterocycles. The van der Waals surface area contributed by atoms with Gasteiger partial charge in [0.15, 0.2) is 16.6 Å². The molecule has 3 rings (SSSR count). The fourth-order valence-corrected chi connectivity index (χ4v) is 22.2. The molecular weight excluding hydrogens is 657 g/mol. The number of benzene rings is 3. The van der Waals surface area contributed by atoms with Crippen molar-refractivity contribution in [1.29, 1.82) is 0 Å². The minimum atomic E-state index is -2.92. The van der Waals surface area contributed by atoms with Crippen LogP contribution in [0, 0.1) is 0 Å². The Kier molecular flexibility index (Phi) is 18.1. The Morgan fingerprint density at radius 3 is 1.06 bits per heavy atom. The fraction of sp³-hybridized carbons (Fsp3) is 0.526. The quantitative estimate of drug-likeness (QED) is 0.0533. The Morgan fingerprint density at radius 1 is 0.469 bits per heavy atom. The molecule has 11 heteroatoms. The van der Waals surface area contributed by atoms with Crippen LogP contribution in [0.5, 0.6) is 0 Å². The predicted octanol–water partition coefficient (Wildman–Crippen LogP) is 4.99. The van der Waals surface area contributed by atoms with Crippen molar-refractivity contribution in [3.63, 3.8) is 0 Å². The third kappa shape index (κ3) is 14.3. The van der Waals surface area contributed by atoms with E-state index < -0.39 is 25.2 Å². The minimum Gasteiger partial charge on any atom is -0.436 e. The first kappa shape index (κ1) is 41.4. The van der Waals surface area contributed by atoms with Crippen LogP contribution in [-0.4, -0.2) is 84.1 Å². The number of rotatable bonds is 25. The molecule has 0 aliphatic heterocycles. The van der Waals surface area contributed by atoms with Crippen molar-refractivity contribution < 1.29 is 8.23 Å². The van der Waals surface area contributed by atoms with Crippen LogP contribution in [0.1, 0.15) is 16.7 Å². The van der Waals surface area contributed by atoms with Crippen molar-refractivity contribution in [2.75, 3.05) is 58.9 Å². The third-order valence-electron chi connectivity index (χ3n) is 9.75. The summed E-state index contributed by atoms with van der Waals surface area (Å²) < 4.78 is 15.6. The van der Waals surface area contributed by atoms with Crippen LogP contribution in [0.15, 0.2) is 91.0 Å². The topological polar surface area (TPSA) is 133 Å². The van der Waals surface area contributed by atoms with E-state index in [1.165, 1.54) is 16.7 Å². The molecule has 9 N–H and O–H groups in total. The van der Waals surface area contributed by atoms with Crippen LogP contribution in [0.4, 0.5) is 0 Å². The molecule has 0 spiro atoms. The molecule has 0 heterocycles. The van der Waals surface area contributed by atoms with Gasteiger partial charge in [-0.2, -0.15) is 0 Å². The molecule has 0 aliphatic carbocycles. The van der Waals surface area contributed by atoms with E-state index in [0.29, 0.717) is 30.7 Å². The molecule has 0 bridgehead atoms. The second-order valence-electron chi connectivity index (χ2n) is 14.6. The molecular formula is C38H66N6O2Si3. The highest BCUT2D eigenvalue weighted by molar-refractivity contribution is 6.89. The SMILES string of the molecule is C[Si](C)(O[Si](C)(O[Si](C)(C)C(CNCCN)Cc1ccccc1)C(CNCCN)Cc1ccccc1)C(CNCCN)Cc1ccccc1. The van der Waals surface area contributed by atoms with E-state index in [4.69, 9.17) is 25.4 Å². The van der Waals surface area contributed by atoms with E-state index in [2.05, 4.69) is 140 Å². The molecule has 0 fully saturated rings. The van der Waals surface area contributed by atoms with Crippen molar-refractivity contribution >= 4 is 25.2 Å². The molecule has 3 aromatic rings. The average Bonchev–Trinajstić information content (AvgIpc) is 3.08. The van der Waals surface area contributed by atoms with Crippen molar-refractivity contribution in [1.82, 2.24) is 16.0 Å². The van der Waals surface area contributed by atoms with Gasteiger partial charge in [-0.15, -0.1) is 0 Å². The lowest BCUT2D eigenvalue weighted by Crippen LogP contribution is -2.62. The lowest BCUT2D eigenvalue weighted by atomic mass is 10.1. The van der Waals surface area contributed by atoms with E-state index in [1.807, 2.05) is 0 Å². The van der Waals surface area contributed by atoms with Crippen molar-refractivity contribution in [3.05, 3.63) is 108 Å². The van der Waals surface area contributed by atoms with Gasteiger partial charge in [0, 0.05) is 51.4 Å². The zero-order valence-electron chi connectivity index (χ0n) is 30.9. The summed E-state index contributed by atoms with van der Waals surface area (Å²) in [6.07, 6.45) is 2.80. The zero-order valence-corrected chi connectivity index (χ0v) is 33.9. The Bertz CT molecular complexity index is 1220. The molecule has 8 nitrogen and oxygen atoms in total. The van der Waals surface area contributed by atoms with Crippen molar-refractivity contribution in [2.45, 2.75) is 68.6 Å². The summed E-state index contributed by atoms with van der Waals surface area (Å²) in [5.74, 6) is 0. The van der Waals surface area contributed by atoms with Crippen LogP contribution >= 0.6 is 0 Å². The number of nitrogens with one attached hydrogen (secondary N) is 3. The molecule has 0 amide bonds. The largest absolute Gasteiger partial charge is 0.436 e. The predicted molar refractivity (Wildman–Crippen MR) is 216 cm³/mol. The fourth-order valence-electron chi connectivity index (χ4n) is 6.80. The molecule has 3 aromatic carbocycles.